The summed E-state index contributed by atoms with van der Waals surface area (Å²) in [7, 11) is 0. The molecule has 10 heteroatoms. The van der Waals surface area contributed by atoms with E-state index in [1.165, 1.54) is 0 Å². The van der Waals surface area contributed by atoms with Crippen LogP contribution in [0.5, 0.6) is 0 Å². The molecule has 1 saturated heterocycles. The van der Waals surface area contributed by atoms with E-state index >= 15 is 0 Å². The largest absolute Gasteiger partial charge is 0.444 e. The lowest BCUT2D eigenvalue weighted by Crippen LogP contribution is -2.35. The fraction of sp³-hybridized carbons (Fsp3) is 0.478. The molecule has 1 aromatic carbocycles. The van der Waals surface area contributed by atoms with Crippen molar-refractivity contribution in [2.24, 2.45) is 5.92 Å². The van der Waals surface area contributed by atoms with Crippen molar-refractivity contribution in [3.05, 3.63) is 49.6 Å². The molecule has 0 aliphatic carbocycles. The van der Waals surface area contributed by atoms with Gasteiger partial charge in [0.2, 0.25) is 5.95 Å². The average molecular weight is 564 g/mol. The Hall–Kier alpha value is -2.63. The van der Waals surface area contributed by atoms with Gasteiger partial charge >= 0.3 is 11.8 Å². The number of carbonyl (C=O) groups is 1. The summed E-state index contributed by atoms with van der Waals surface area (Å²) in [6.07, 6.45) is 2.24. The zero-order chi connectivity index (χ0) is 23.8. The Balaban J connectivity index is 1.44. The Bertz CT molecular complexity index is 1230. The predicted molar refractivity (Wildman–Crippen MR) is 136 cm³/mol. The number of H-pyrrole nitrogens is 1. The number of anilines is 1. The lowest BCUT2D eigenvalue weighted by atomic mass is 10.1. The highest BCUT2D eigenvalue weighted by atomic mass is 127. The van der Waals surface area contributed by atoms with E-state index in [4.69, 9.17) is 4.74 Å². The van der Waals surface area contributed by atoms with E-state index in [1.54, 1.807) is 15.7 Å². The number of benzene rings is 1. The second-order valence-electron chi connectivity index (χ2n) is 9.43. The molecule has 1 aliphatic heterocycles. The second-order valence-corrected chi connectivity index (χ2v) is 10.6. The zero-order valence-corrected chi connectivity index (χ0v) is 21.5. The van der Waals surface area contributed by atoms with Gasteiger partial charge in [-0.05, 0) is 79.8 Å². The van der Waals surface area contributed by atoms with Crippen LogP contribution in [0, 0.1) is 16.4 Å². The summed E-state index contributed by atoms with van der Waals surface area (Å²) in [5.41, 5.74) is 2.69. The topological polar surface area (TPSA) is 105 Å². The summed E-state index contributed by atoms with van der Waals surface area (Å²) in [4.78, 5) is 38.4. The highest BCUT2D eigenvalue weighted by Crippen LogP contribution is 2.21. The molecule has 33 heavy (non-hydrogen) atoms. The van der Waals surface area contributed by atoms with E-state index in [2.05, 4.69) is 55.8 Å². The van der Waals surface area contributed by atoms with Crippen LogP contribution >= 0.6 is 22.6 Å². The number of aromatic amines is 1. The van der Waals surface area contributed by atoms with Gasteiger partial charge in [-0.15, -0.1) is 0 Å². The van der Waals surface area contributed by atoms with Gasteiger partial charge in [-0.2, -0.15) is 4.98 Å². The maximum Gasteiger partial charge on any atom is 0.410 e. The number of fused-ring (bicyclic) bond motifs is 1. The van der Waals surface area contributed by atoms with Gasteiger partial charge in [-0.3, -0.25) is 4.57 Å². The Labute approximate surface area is 206 Å². The fourth-order valence-corrected chi connectivity index (χ4v) is 4.45. The molecule has 0 spiro atoms. The molecule has 4 rings (SSSR count). The summed E-state index contributed by atoms with van der Waals surface area (Å²) in [5, 5.41) is 3.28. The van der Waals surface area contributed by atoms with Gasteiger partial charge in [0.15, 0.2) is 5.65 Å². The summed E-state index contributed by atoms with van der Waals surface area (Å²) in [6, 6.07) is 6.07. The molecule has 3 heterocycles. The molecule has 1 fully saturated rings. The second kappa shape index (κ2) is 9.32. The number of hydrogen-bond donors (Lipinski definition) is 2. The quantitative estimate of drug-likeness (QED) is 0.458. The Morgan fingerprint density at radius 2 is 2.15 bits per heavy atom. The van der Waals surface area contributed by atoms with Crippen molar-refractivity contribution in [1.82, 2.24) is 24.4 Å². The molecule has 0 bridgehead atoms. The normalized spacial score (nSPS) is 16.4. The van der Waals surface area contributed by atoms with Crippen molar-refractivity contribution < 1.29 is 9.53 Å². The van der Waals surface area contributed by atoms with Crippen molar-refractivity contribution >= 4 is 45.8 Å². The predicted octanol–water partition coefficient (Wildman–Crippen LogP) is 3.75. The van der Waals surface area contributed by atoms with Crippen LogP contribution in [0.3, 0.4) is 0 Å². The van der Waals surface area contributed by atoms with Crippen molar-refractivity contribution in [2.75, 3.05) is 25.0 Å². The molecule has 2 N–H and O–H groups in total. The Morgan fingerprint density at radius 3 is 2.91 bits per heavy atom. The standard InChI is InChI=1S/C23H29IN6O3/c1-14-16(6-5-7-17(14)24)13-30-19-18(27-21(30)31)11-26-20(28-19)25-10-15-8-9-29(12-15)22(32)33-23(2,3)4/h5-7,11,15H,8-10,12-13H2,1-4H3,(H,27,31)(H,25,26,28)/t15-/m0/s1. The first-order valence-corrected chi connectivity index (χ1v) is 12.1. The number of imidazole rings is 1. The van der Waals surface area contributed by atoms with Gasteiger partial charge < -0.3 is 19.9 Å². The molecular formula is C23H29IN6O3. The van der Waals surface area contributed by atoms with Crippen LogP contribution in [0.1, 0.15) is 38.3 Å². The van der Waals surface area contributed by atoms with Crippen molar-refractivity contribution in [3.63, 3.8) is 0 Å². The van der Waals surface area contributed by atoms with Gasteiger partial charge in [0.25, 0.3) is 0 Å². The van der Waals surface area contributed by atoms with Crippen LogP contribution in [0.4, 0.5) is 10.7 Å². The van der Waals surface area contributed by atoms with E-state index < -0.39 is 5.60 Å². The summed E-state index contributed by atoms with van der Waals surface area (Å²) >= 11 is 2.30. The highest BCUT2D eigenvalue weighted by Gasteiger charge is 2.29. The van der Waals surface area contributed by atoms with E-state index in [0.29, 0.717) is 43.3 Å². The van der Waals surface area contributed by atoms with Gasteiger partial charge in [0, 0.05) is 23.2 Å². The summed E-state index contributed by atoms with van der Waals surface area (Å²) < 4.78 is 8.27. The first-order valence-electron chi connectivity index (χ1n) is 11.0. The number of likely N-dealkylation sites (tertiary alicyclic amines) is 1. The molecule has 0 radical (unpaired) electrons. The Morgan fingerprint density at radius 1 is 1.36 bits per heavy atom. The highest BCUT2D eigenvalue weighted by molar-refractivity contribution is 14.1. The van der Waals surface area contributed by atoms with Gasteiger partial charge in [0.05, 0.1) is 12.7 Å². The van der Waals surface area contributed by atoms with E-state index in [-0.39, 0.29) is 17.7 Å². The number of ether oxygens (including phenoxy) is 1. The molecule has 1 aliphatic rings. The number of halogens is 1. The van der Waals surface area contributed by atoms with Crippen LogP contribution < -0.4 is 11.0 Å². The van der Waals surface area contributed by atoms with Gasteiger partial charge in [-0.1, -0.05) is 12.1 Å². The van der Waals surface area contributed by atoms with E-state index in [1.807, 2.05) is 32.9 Å². The smallest absolute Gasteiger partial charge is 0.410 e. The van der Waals surface area contributed by atoms with Gasteiger partial charge in [0.1, 0.15) is 11.1 Å². The number of nitrogens with one attached hydrogen (secondary N) is 2. The maximum absolute atomic E-state index is 12.6. The summed E-state index contributed by atoms with van der Waals surface area (Å²) in [6.45, 7) is 10.0. The minimum absolute atomic E-state index is 0.210. The number of rotatable bonds is 5. The number of carbonyl (C=O) groups excluding carboxylic acids is 1. The lowest BCUT2D eigenvalue weighted by molar-refractivity contribution is 0.0289. The van der Waals surface area contributed by atoms with Crippen LogP contribution in [-0.2, 0) is 11.3 Å². The van der Waals surface area contributed by atoms with Gasteiger partial charge in [-0.25, -0.2) is 14.6 Å². The number of hydrogen-bond acceptors (Lipinski definition) is 6. The van der Waals surface area contributed by atoms with E-state index in [0.717, 1.165) is 21.1 Å². The van der Waals surface area contributed by atoms with Crippen molar-refractivity contribution in [3.8, 4) is 0 Å². The SMILES string of the molecule is Cc1c(I)cccc1Cn1c(=O)[nH]c2cnc(NC[C@@H]3CCN(C(=O)OC(C)(C)C)C3)nc21. The minimum Gasteiger partial charge on any atom is -0.444 e. The third-order valence-electron chi connectivity index (χ3n) is 5.71. The third kappa shape index (κ3) is 5.48. The molecular weight excluding hydrogens is 535 g/mol. The Kier molecular flexibility index (Phi) is 6.64. The minimum atomic E-state index is -0.500. The first kappa shape index (κ1) is 23.5. The number of nitrogens with zero attached hydrogens (tertiary/aromatic N) is 4. The van der Waals surface area contributed by atoms with E-state index in [9.17, 15) is 9.59 Å². The van der Waals surface area contributed by atoms with Crippen molar-refractivity contribution in [2.45, 2.75) is 46.3 Å². The summed E-state index contributed by atoms with van der Waals surface area (Å²) in [5.74, 6) is 0.740. The van der Waals surface area contributed by atoms with Crippen LogP contribution in [-0.4, -0.2) is 55.7 Å². The molecule has 3 aromatic rings. The zero-order valence-electron chi connectivity index (χ0n) is 19.3. The number of amides is 1. The molecule has 9 nitrogen and oxygen atoms in total. The fourth-order valence-electron chi connectivity index (χ4n) is 3.90. The van der Waals surface area contributed by atoms with Crippen LogP contribution in [0.15, 0.2) is 29.2 Å². The van der Waals surface area contributed by atoms with Crippen LogP contribution in [0.25, 0.3) is 11.2 Å². The molecule has 0 saturated carbocycles. The molecule has 1 atom stereocenters. The maximum atomic E-state index is 12.6. The molecule has 176 valence electrons. The molecule has 2 aromatic heterocycles. The molecule has 0 unspecified atom stereocenters. The monoisotopic (exact) mass is 564 g/mol. The average Bonchev–Trinajstić information content (AvgIpc) is 3.33. The van der Waals surface area contributed by atoms with Crippen molar-refractivity contribution in [1.29, 1.82) is 0 Å². The third-order valence-corrected chi connectivity index (χ3v) is 6.87. The molecule has 1 amide bonds. The first-order chi connectivity index (χ1) is 15.6. The number of aromatic nitrogens is 4. The van der Waals surface area contributed by atoms with Crippen LogP contribution in [0.2, 0.25) is 0 Å². The lowest BCUT2D eigenvalue weighted by Gasteiger charge is -2.24.